The molecule has 19 heavy (non-hydrogen) atoms. The Morgan fingerprint density at radius 3 is 2.37 bits per heavy atom. The summed E-state index contributed by atoms with van der Waals surface area (Å²) in [4.78, 5) is 12.2. The molecule has 2 rings (SSSR count). The van der Waals surface area contributed by atoms with Gasteiger partial charge in [-0.1, -0.05) is 26.7 Å². The largest absolute Gasteiger partial charge is 0.393 e. The van der Waals surface area contributed by atoms with E-state index < -0.39 is 0 Å². The van der Waals surface area contributed by atoms with Crippen molar-refractivity contribution in [3.05, 3.63) is 0 Å². The molecule has 0 saturated heterocycles. The van der Waals surface area contributed by atoms with Crippen molar-refractivity contribution >= 4 is 5.91 Å². The molecule has 0 aliphatic heterocycles. The lowest BCUT2D eigenvalue weighted by molar-refractivity contribution is -0.127. The fourth-order valence-electron chi connectivity index (χ4n) is 3.96. The molecule has 3 heteroatoms. The number of hydrogen-bond donors (Lipinski definition) is 2. The van der Waals surface area contributed by atoms with Crippen molar-refractivity contribution in [2.24, 2.45) is 23.7 Å². The molecule has 0 bridgehead atoms. The van der Waals surface area contributed by atoms with E-state index in [1.54, 1.807) is 0 Å². The van der Waals surface area contributed by atoms with Crippen molar-refractivity contribution in [1.82, 2.24) is 5.32 Å². The third-order valence-corrected chi connectivity index (χ3v) is 4.96. The zero-order valence-corrected chi connectivity index (χ0v) is 12.4. The highest BCUT2D eigenvalue weighted by molar-refractivity contribution is 5.78. The lowest BCUT2D eigenvalue weighted by Crippen LogP contribution is -2.41. The van der Waals surface area contributed by atoms with E-state index in [2.05, 4.69) is 19.2 Å². The fraction of sp³-hybridized carbons (Fsp3) is 0.938. The Morgan fingerprint density at radius 2 is 1.74 bits per heavy atom. The molecule has 1 amide bonds. The predicted octanol–water partition coefficient (Wildman–Crippen LogP) is 2.73. The van der Waals surface area contributed by atoms with Gasteiger partial charge in [-0.25, -0.2) is 0 Å². The van der Waals surface area contributed by atoms with Crippen LogP contribution in [0.5, 0.6) is 0 Å². The van der Waals surface area contributed by atoms with Gasteiger partial charge >= 0.3 is 0 Å². The maximum atomic E-state index is 12.2. The van der Waals surface area contributed by atoms with Gasteiger partial charge in [0.05, 0.1) is 6.10 Å². The first-order valence-corrected chi connectivity index (χ1v) is 8.02. The first-order valence-electron chi connectivity index (χ1n) is 8.02. The molecule has 2 aliphatic carbocycles. The summed E-state index contributed by atoms with van der Waals surface area (Å²) < 4.78 is 0. The van der Waals surface area contributed by atoms with Crippen LogP contribution in [0.25, 0.3) is 0 Å². The molecule has 0 aromatic carbocycles. The summed E-state index contributed by atoms with van der Waals surface area (Å²) in [6, 6.07) is 0. The lowest BCUT2D eigenvalue weighted by Gasteiger charge is -2.32. The van der Waals surface area contributed by atoms with E-state index in [0.29, 0.717) is 18.4 Å². The Bertz CT molecular complexity index is 295. The fourth-order valence-corrected chi connectivity index (χ4v) is 3.96. The van der Waals surface area contributed by atoms with Crippen molar-refractivity contribution in [2.75, 3.05) is 6.54 Å². The third-order valence-electron chi connectivity index (χ3n) is 4.96. The molecule has 0 spiro atoms. The van der Waals surface area contributed by atoms with Crippen molar-refractivity contribution < 1.29 is 9.90 Å². The molecule has 0 aromatic heterocycles. The van der Waals surface area contributed by atoms with Gasteiger partial charge < -0.3 is 10.4 Å². The van der Waals surface area contributed by atoms with E-state index in [9.17, 15) is 9.90 Å². The van der Waals surface area contributed by atoms with Gasteiger partial charge in [-0.3, -0.25) is 4.79 Å². The molecular weight excluding hydrogens is 238 g/mol. The smallest absolute Gasteiger partial charge is 0.223 e. The molecule has 4 atom stereocenters. The highest BCUT2D eigenvalue weighted by Crippen LogP contribution is 2.33. The van der Waals surface area contributed by atoms with Crippen LogP contribution in [0.3, 0.4) is 0 Å². The molecule has 0 aromatic rings. The molecular formula is C16H29NO2. The van der Waals surface area contributed by atoms with Crippen LogP contribution in [0, 0.1) is 23.7 Å². The first-order chi connectivity index (χ1) is 9.06. The van der Waals surface area contributed by atoms with E-state index in [1.165, 1.54) is 12.8 Å². The van der Waals surface area contributed by atoms with Crippen molar-refractivity contribution in [1.29, 1.82) is 0 Å². The summed E-state index contributed by atoms with van der Waals surface area (Å²) in [5.74, 6) is 2.02. The van der Waals surface area contributed by atoms with Crippen LogP contribution in [0.15, 0.2) is 0 Å². The van der Waals surface area contributed by atoms with E-state index in [4.69, 9.17) is 0 Å². The Morgan fingerprint density at radius 1 is 1.11 bits per heavy atom. The molecule has 2 N–H and O–H groups in total. The first kappa shape index (κ1) is 14.8. The number of amides is 1. The average Bonchev–Trinajstić information content (AvgIpc) is 2.36. The number of hydrogen-bond acceptors (Lipinski definition) is 2. The Hall–Kier alpha value is -0.570. The maximum Gasteiger partial charge on any atom is 0.223 e. The number of aliphatic hydroxyl groups excluding tert-OH is 1. The third kappa shape index (κ3) is 4.20. The summed E-state index contributed by atoms with van der Waals surface area (Å²) >= 11 is 0. The van der Waals surface area contributed by atoms with Crippen LogP contribution < -0.4 is 5.32 Å². The zero-order chi connectivity index (χ0) is 13.8. The molecule has 0 radical (unpaired) electrons. The summed E-state index contributed by atoms with van der Waals surface area (Å²) in [7, 11) is 0. The topological polar surface area (TPSA) is 49.3 Å². The summed E-state index contributed by atoms with van der Waals surface area (Å²) in [6.07, 6.45) is 7.38. The number of carbonyl (C=O) groups is 1. The van der Waals surface area contributed by atoms with Gasteiger partial charge in [-0.15, -0.1) is 0 Å². The quantitative estimate of drug-likeness (QED) is 0.826. The number of nitrogens with one attached hydrogen (secondary N) is 1. The minimum atomic E-state index is -0.210. The van der Waals surface area contributed by atoms with Crippen LogP contribution in [0.2, 0.25) is 0 Å². The van der Waals surface area contributed by atoms with Crippen LogP contribution in [-0.4, -0.2) is 23.7 Å². The molecule has 0 heterocycles. The second-order valence-corrected chi connectivity index (χ2v) is 6.97. The second-order valence-electron chi connectivity index (χ2n) is 6.97. The van der Waals surface area contributed by atoms with Crippen molar-refractivity contribution in [2.45, 2.75) is 64.9 Å². The summed E-state index contributed by atoms with van der Waals surface area (Å²) in [5, 5.41) is 13.0. The molecule has 3 nitrogen and oxygen atoms in total. The minimum Gasteiger partial charge on any atom is -0.393 e. The van der Waals surface area contributed by atoms with Crippen molar-refractivity contribution in [3.63, 3.8) is 0 Å². The van der Waals surface area contributed by atoms with Gasteiger partial charge in [-0.2, -0.15) is 0 Å². The highest BCUT2D eigenvalue weighted by Gasteiger charge is 2.30. The van der Waals surface area contributed by atoms with Crippen LogP contribution in [-0.2, 0) is 4.79 Å². The van der Waals surface area contributed by atoms with Gasteiger partial charge in [0.1, 0.15) is 0 Å². The van der Waals surface area contributed by atoms with Gasteiger partial charge in [0.25, 0.3) is 0 Å². The molecule has 4 unspecified atom stereocenters. The lowest BCUT2D eigenvalue weighted by atomic mass is 9.76. The average molecular weight is 267 g/mol. The van der Waals surface area contributed by atoms with Gasteiger partial charge in [0.15, 0.2) is 0 Å². The summed E-state index contributed by atoms with van der Waals surface area (Å²) in [6.45, 7) is 5.17. The molecule has 110 valence electrons. The molecule has 2 aliphatic rings. The van der Waals surface area contributed by atoms with E-state index >= 15 is 0 Å². The molecule has 2 fully saturated rings. The highest BCUT2D eigenvalue weighted by atomic mass is 16.3. The van der Waals surface area contributed by atoms with E-state index in [0.717, 1.165) is 32.1 Å². The predicted molar refractivity (Wildman–Crippen MR) is 76.6 cm³/mol. The monoisotopic (exact) mass is 267 g/mol. The number of carbonyl (C=O) groups excluding carboxylic acids is 1. The Labute approximate surface area is 117 Å². The minimum absolute atomic E-state index is 0.194. The standard InChI is InChI=1S/C16H29NO2/c1-11-7-12(2)9-14(8-11)16(19)17-10-13-5-3-4-6-15(13)18/h11-15,18H,3-10H2,1-2H3,(H,17,19). The van der Waals surface area contributed by atoms with E-state index in [-0.39, 0.29) is 23.8 Å². The van der Waals surface area contributed by atoms with Gasteiger partial charge in [-0.05, 0) is 43.9 Å². The van der Waals surface area contributed by atoms with Crippen LogP contribution in [0.4, 0.5) is 0 Å². The maximum absolute atomic E-state index is 12.2. The second kappa shape index (κ2) is 6.74. The van der Waals surface area contributed by atoms with Crippen molar-refractivity contribution in [3.8, 4) is 0 Å². The van der Waals surface area contributed by atoms with Crippen LogP contribution in [0.1, 0.15) is 58.8 Å². The number of rotatable bonds is 3. The SMILES string of the molecule is CC1CC(C)CC(C(=O)NCC2CCCCC2O)C1. The molecule has 2 saturated carbocycles. The zero-order valence-electron chi connectivity index (χ0n) is 12.4. The summed E-state index contributed by atoms with van der Waals surface area (Å²) in [5.41, 5.74) is 0. The Balaban J connectivity index is 1.77. The van der Waals surface area contributed by atoms with Gasteiger partial charge in [0, 0.05) is 18.4 Å². The Kier molecular flexibility index (Phi) is 5.26. The van der Waals surface area contributed by atoms with Crippen LogP contribution >= 0.6 is 0 Å². The normalized spacial score (nSPS) is 39.8. The van der Waals surface area contributed by atoms with Gasteiger partial charge in [0.2, 0.25) is 5.91 Å². The number of aliphatic hydroxyl groups is 1. The van der Waals surface area contributed by atoms with E-state index in [1.807, 2.05) is 0 Å².